The number of thiazole rings is 1. The predicted octanol–water partition coefficient (Wildman–Crippen LogP) is 4.93. The Kier molecular flexibility index (Phi) is 5.09. The van der Waals surface area contributed by atoms with Crippen molar-refractivity contribution in [1.29, 1.82) is 0 Å². The van der Waals surface area contributed by atoms with Gasteiger partial charge in [-0.25, -0.2) is 4.98 Å². The molecule has 2 aromatic heterocycles. The maximum absolute atomic E-state index is 4.83. The van der Waals surface area contributed by atoms with E-state index in [-0.39, 0.29) is 0 Å². The second kappa shape index (κ2) is 6.86. The molecule has 0 saturated heterocycles. The number of nitrogens with zero attached hydrogens (tertiary/aromatic N) is 2. The summed E-state index contributed by atoms with van der Waals surface area (Å²) < 4.78 is 1.95. The molecule has 0 amide bonds. The average Bonchev–Trinajstić information content (AvgIpc) is 3.19. The maximum atomic E-state index is 4.83. The van der Waals surface area contributed by atoms with E-state index < -0.39 is 0 Å². The van der Waals surface area contributed by atoms with Crippen LogP contribution in [0.25, 0.3) is 10.7 Å². The molecule has 6 heteroatoms. The highest BCUT2D eigenvalue weighted by Crippen LogP contribution is 2.33. The van der Waals surface area contributed by atoms with Crippen LogP contribution in [0, 0.1) is 0 Å². The third kappa shape index (κ3) is 3.92. The first kappa shape index (κ1) is 15.6. The van der Waals surface area contributed by atoms with Crippen molar-refractivity contribution in [1.82, 2.24) is 15.3 Å². The second-order valence-electron chi connectivity index (χ2n) is 5.28. The van der Waals surface area contributed by atoms with E-state index in [4.69, 9.17) is 4.98 Å². The Morgan fingerprint density at radius 1 is 1.38 bits per heavy atom. The lowest BCUT2D eigenvalue weighted by molar-refractivity contribution is 0.686. The van der Waals surface area contributed by atoms with Gasteiger partial charge in [-0.05, 0) is 57.2 Å². The lowest BCUT2D eigenvalue weighted by Gasteiger charge is -2.01. The van der Waals surface area contributed by atoms with Crippen molar-refractivity contribution in [3.05, 3.63) is 31.8 Å². The van der Waals surface area contributed by atoms with E-state index in [1.54, 1.807) is 11.3 Å². The first-order valence-electron chi connectivity index (χ1n) is 7.20. The molecule has 3 nitrogen and oxygen atoms in total. The Morgan fingerprint density at radius 2 is 2.19 bits per heavy atom. The molecule has 1 saturated carbocycles. The zero-order valence-electron chi connectivity index (χ0n) is 11.8. The topological polar surface area (TPSA) is 37.8 Å². The Labute approximate surface area is 145 Å². The Morgan fingerprint density at radius 3 is 2.86 bits per heavy atom. The lowest BCUT2D eigenvalue weighted by atomic mass is 10.2. The van der Waals surface area contributed by atoms with E-state index in [2.05, 4.69) is 49.1 Å². The number of hydrogen-bond donors (Lipinski definition) is 1. The van der Waals surface area contributed by atoms with Gasteiger partial charge in [-0.1, -0.05) is 13.3 Å². The number of aryl methyl sites for hydroxylation is 1. The molecule has 1 aliphatic carbocycles. The minimum Gasteiger partial charge on any atom is -0.309 e. The third-order valence-corrected chi connectivity index (χ3v) is 5.55. The SMILES string of the molecule is CCCc1nc(-c2ncc(Br)cc2Br)sc1CNC1CC1. The minimum absolute atomic E-state index is 0.725. The molecular weight excluding hydrogens is 414 g/mol. The van der Waals surface area contributed by atoms with Gasteiger partial charge in [0.15, 0.2) is 0 Å². The summed E-state index contributed by atoms with van der Waals surface area (Å²) in [4.78, 5) is 10.7. The molecule has 2 heterocycles. The zero-order valence-corrected chi connectivity index (χ0v) is 15.8. The minimum atomic E-state index is 0.725. The van der Waals surface area contributed by atoms with Gasteiger partial charge in [0.1, 0.15) is 10.7 Å². The fraction of sp³-hybridized carbons (Fsp3) is 0.467. The van der Waals surface area contributed by atoms with E-state index in [0.29, 0.717) is 0 Å². The average molecular weight is 431 g/mol. The number of hydrogen-bond acceptors (Lipinski definition) is 4. The molecule has 0 unspecified atom stereocenters. The molecule has 0 spiro atoms. The largest absolute Gasteiger partial charge is 0.309 e. The van der Waals surface area contributed by atoms with Crippen LogP contribution in [-0.2, 0) is 13.0 Å². The number of nitrogens with one attached hydrogen (secondary N) is 1. The zero-order chi connectivity index (χ0) is 14.8. The van der Waals surface area contributed by atoms with E-state index in [0.717, 1.165) is 45.1 Å². The molecule has 1 fully saturated rings. The summed E-state index contributed by atoms with van der Waals surface area (Å²) in [6.45, 7) is 3.14. The van der Waals surface area contributed by atoms with Crippen molar-refractivity contribution in [3.8, 4) is 10.7 Å². The van der Waals surface area contributed by atoms with E-state index in [1.165, 1.54) is 23.4 Å². The Balaban J connectivity index is 1.88. The van der Waals surface area contributed by atoms with Crippen molar-refractivity contribution in [2.24, 2.45) is 0 Å². The quantitative estimate of drug-likeness (QED) is 0.705. The van der Waals surface area contributed by atoms with Gasteiger partial charge in [0.05, 0.1) is 5.69 Å². The molecule has 3 rings (SSSR count). The monoisotopic (exact) mass is 429 g/mol. The first-order chi connectivity index (χ1) is 10.2. The molecule has 0 aromatic carbocycles. The van der Waals surface area contributed by atoms with E-state index in [1.807, 2.05) is 12.3 Å². The smallest absolute Gasteiger partial charge is 0.143 e. The van der Waals surface area contributed by atoms with Crippen LogP contribution in [0.2, 0.25) is 0 Å². The van der Waals surface area contributed by atoms with Crippen LogP contribution in [0.4, 0.5) is 0 Å². The van der Waals surface area contributed by atoms with Gasteiger partial charge in [-0.2, -0.15) is 0 Å². The van der Waals surface area contributed by atoms with Crippen LogP contribution < -0.4 is 5.32 Å². The maximum Gasteiger partial charge on any atom is 0.143 e. The van der Waals surface area contributed by atoms with Gasteiger partial charge < -0.3 is 5.32 Å². The standard InChI is InChI=1S/C15H17Br2N3S/c1-2-3-12-13(8-18-10-4-5-10)21-15(20-12)14-11(17)6-9(16)7-19-14/h6-7,10,18H,2-5,8H2,1H3. The molecule has 0 atom stereocenters. The molecule has 0 aliphatic heterocycles. The summed E-state index contributed by atoms with van der Waals surface area (Å²) >= 11 is 8.79. The third-order valence-electron chi connectivity index (χ3n) is 3.40. The Bertz CT molecular complexity index is 638. The fourth-order valence-corrected chi connectivity index (χ4v) is 4.53. The van der Waals surface area contributed by atoms with Gasteiger partial charge in [0.2, 0.25) is 0 Å². The van der Waals surface area contributed by atoms with Crippen LogP contribution in [0.15, 0.2) is 21.2 Å². The Hall–Kier alpha value is -0.300. The van der Waals surface area contributed by atoms with Gasteiger partial charge in [-0.15, -0.1) is 11.3 Å². The molecule has 2 aromatic rings. The summed E-state index contributed by atoms with van der Waals surface area (Å²) in [5, 5.41) is 4.60. The van der Waals surface area contributed by atoms with E-state index >= 15 is 0 Å². The van der Waals surface area contributed by atoms with Gasteiger partial charge in [-0.3, -0.25) is 4.98 Å². The second-order valence-corrected chi connectivity index (χ2v) is 8.13. The highest BCUT2D eigenvalue weighted by molar-refractivity contribution is 9.11. The number of halogens is 2. The number of rotatable bonds is 6. The highest BCUT2D eigenvalue weighted by Gasteiger charge is 2.22. The molecular formula is C15H17Br2N3S. The molecule has 1 N–H and O–H groups in total. The van der Waals surface area contributed by atoms with Crippen LogP contribution in [-0.4, -0.2) is 16.0 Å². The van der Waals surface area contributed by atoms with E-state index in [9.17, 15) is 0 Å². The van der Waals surface area contributed by atoms with Gasteiger partial charge in [0.25, 0.3) is 0 Å². The molecule has 1 aliphatic rings. The lowest BCUT2D eigenvalue weighted by Crippen LogP contribution is -2.15. The van der Waals surface area contributed by atoms with Crippen molar-refractivity contribution < 1.29 is 0 Å². The number of aromatic nitrogens is 2. The molecule has 0 radical (unpaired) electrons. The molecule has 112 valence electrons. The van der Waals surface area contributed by atoms with Crippen LogP contribution in [0.1, 0.15) is 36.8 Å². The van der Waals surface area contributed by atoms with Crippen LogP contribution in [0.5, 0.6) is 0 Å². The summed E-state index contributed by atoms with van der Waals surface area (Å²) in [7, 11) is 0. The normalized spacial score (nSPS) is 14.6. The van der Waals surface area contributed by atoms with Gasteiger partial charge >= 0.3 is 0 Å². The molecule has 21 heavy (non-hydrogen) atoms. The number of pyridine rings is 1. The van der Waals surface area contributed by atoms with Crippen molar-refractivity contribution >= 4 is 43.2 Å². The summed E-state index contributed by atoms with van der Waals surface area (Å²) in [6.07, 6.45) is 6.60. The summed E-state index contributed by atoms with van der Waals surface area (Å²) in [5.41, 5.74) is 2.15. The first-order valence-corrected chi connectivity index (χ1v) is 9.61. The molecule has 0 bridgehead atoms. The highest BCUT2D eigenvalue weighted by atomic mass is 79.9. The predicted molar refractivity (Wildman–Crippen MR) is 94.6 cm³/mol. The van der Waals surface area contributed by atoms with Crippen molar-refractivity contribution in [2.45, 2.75) is 45.2 Å². The van der Waals surface area contributed by atoms with Crippen LogP contribution in [0.3, 0.4) is 0 Å². The van der Waals surface area contributed by atoms with Crippen LogP contribution >= 0.6 is 43.2 Å². The summed E-state index contributed by atoms with van der Waals surface area (Å²) in [6, 6.07) is 2.74. The summed E-state index contributed by atoms with van der Waals surface area (Å²) in [5.74, 6) is 0. The fourth-order valence-electron chi connectivity index (χ4n) is 2.15. The van der Waals surface area contributed by atoms with Crippen molar-refractivity contribution in [2.75, 3.05) is 0 Å². The van der Waals surface area contributed by atoms with Crippen molar-refractivity contribution in [3.63, 3.8) is 0 Å². The van der Waals surface area contributed by atoms with Gasteiger partial charge in [0, 0.05) is 32.6 Å².